The highest BCUT2D eigenvalue weighted by Crippen LogP contribution is 2.77. The summed E-state index contributed by atoms with van der Waals surface area (Å²) in [5.74, 6) is 2.98. The van der Waals surface area contributed by atoms with Crippen LogP contribution in [0.15, 0.2) is 0 Å². The lowest BCUT2D eigenvalue weighted by molar-refractivity contribution is -0.159. The number of ether oxygens (including phenoxy) is 3. The third-order valence-electron chi connectivity index (χ3n) is 11.1. The van der Waals surface area contributed by atoms with E-state index in [1.165, 1.54) is 46.1 Å². The van der Waals surface area contributed by atoms with Gasteiger partial charge in [-0.3, -0.25) is 9.59 Å². The number of epoxide rings is 1. The molecule has 5 heteroatoms. The van der Waals surface area contributed by atoms with E-state index in [1.54, 1.807) is 0 Å². The van der Waals surface area contributed by atoms with Gasteiger partial charge in [-0.1, -0.05) is 20.8 Å². The first kappa shape index (κ1) is 22.7. The molecule has 0 aromatic rings. The molecule has 1 heterocycles. The molecule has 0 bridgehead atoms. The van der Waals surface area contributed by atoms with E-state index in [1.807, 2.05) is 0 Å². The van der Waals surface area contributed by atoms with Gasteiger partial charge in [-0.15, -0.1) is 0 Å². The maximum absolute atomic E-state index is 11.7. The molecular weight excluding hydrogens is 404 g/mol. The van der Waals surface area contributed by atoms with Gasteiger partial charge in [0.15, 0.2) is 0 Å². The van der Waals surface area contributed by atoms with Crippen molar-refractivity contribution < 1.29 is 23.8 Å². The van der Waals surface area contributed by atoms with Crippen LogP contribution in [0, 0.1) is 40.4 Å². The second kappa shape index (κ2) is 7.71. The molecule has 0 aromatic heterocycles. The van der Waals surface area contributed by atoms with Crippen LogP contribution >= 0.6 is 0 Å². The van der Waals surface area contributed by atoms with Crippen LogP contribution in [0.4, 0.5) is 0 Å². The molecule has 1 aliphatic heterocycles. The Morgan fingerprint density at radius 1 is 1.09 bits per heavy atom. The van der Waals surface area contributed by atoms with E-state index in [0.717, 1.165) is 31.6 Å². The third kappa shape index (κ3) is 3.12. The molecule has 5 aliphatic rings. The molecule has 180 valence electrons. The average Bonchev–Trinajstić information content (AvgIpc) is 3.36. The van der Waals surface area contributed by atoms with Crippen LogP contribution in [0.3, 0.4) is 0 Å². The maximum Gasteiger partial charge on any atom is 0.305 e. The van der Waals surface area contributed by atoms with E-state index in [-0.39, 0.29) is 29.1 Å². The van der Waals surface area contributed by atoms with Crippen LogP contribution in [0.25, 0.3) is 0 Å². The van der Waals surface area contributed by atoms with Gasteiger partial charge in [0.2, 0.25) is 0 Å². The number of fused-ring (bicyclic) bond motifs is 3. The molecule has 0 aromatic carbocycles. The highest BCUT2D eigenvalue weighted by Gasteiger charge is 2.79. The largest absolute Gasteiger partial charge is 0.469 e. The minimum Gasteiger partial charge on any atom is -0.469 e. The van der Waals surface area contributed by atoms with Gasteiger partial charge in [-0.2, -0.15) is 0 Å². The van der Waals surface area contributed by atoms with Crippen molar-refractivity contribution in [2.45, 2.75) is 110 Å². The van der Waals surface area contributed by atoms with Crippen LogP contribution in [0.2, 0.25) is 0 Å². The summed E-state index contributed by atoms with van der Waals surface area (Å²) in [5.41, 5.74) is 0.599. The fourth-order valence-electron chi connectivity index (χ4n) is 9.63. The van der Waals surface area contributed by atoms with E-state index in [0.29, 0.717) is 41.6 Å². The number of carbonyl (C=O) groups is 2. The lowest BCUT2D eigenvalue weighted by Gasteiger charge is -2.59. The van der Waals surface area contributed by atoms with Crippen molar-refractivity contribution in [2.75, 3.05) is 7.11 Å². The minimum atomic E-state index is -0.141. The van der Waals surface area contributed by atoms with Crippen LogP contribution in [0.5, 0.6) is 0 Å². The molecule has 5 rings (SSSR count). The van der Waals surface area contributed by atoms with Crippen molar-refractivity contribution >= 4 is 11.9 Å². The summed E-state index contributed by atoms with van der Waals surface area (Å²) >= 11 is 0. The smallest absolute Gasteiger partial charge is 0.305 e. The topological polar surface area (TPSA) is 65.1 Å². The normalized spacial score (nSPS) is 49.7. The van der Waals surface area contributed by atoms with Crippen molar-refractivity contribution in [1.82, 2.24) is 0 Å². The zero-order valence-corrected chi connectivity index (χ0v) is 20.7. The second-order valence-electron chi connectivity index (χ2n) is 12.3. The quantitative estimate of drug-likeness (QED) is 0.424. The molecule has 0 N–H and O–H groups in total. The Morgan fingerprint density at radius 3 is 2.56 bits per heavy atom. The number of rotatable bonds is 5. The first-order valence-corrected chi connectivity index (χ1v) is 13.1. The molecule has 4 aliphatic carbocycles. The Hall–Kier alpha value is -1.10. The van der Waals surface area contributed by atoms with Gasteiger partial charge in [-0.05, 0) is 92.8 Å². The molecule has 3 unspecified atom stereocenters. The van der Waals surface area contributed by atoms with Crippen molar-refractivity contribution in [2.24, 2.45) is 40.4 Å². The zero-order valence-electron chi connectivity index (χ0n) is 20.7. The van der Waals surface area contributed by atoms with Gasteiger partial charge in [-0.25, -0.2) is 0 Å². The number of methoxy groups -OCH3 is 1. The van der Waals surface area contributed by atoms with Gasteiger partial charge in [0.1, 0.15) is 11.7 Å². The van der Waals surface area contributed by atoms with Gasteiger partial charge < -0.3 is 14.2 Å². The van der Waals surface area contributed by atoms with E-state index in [4.69, 9.17) is 14.2 Å². The highest BCUT2D eigenvalue weighted by molar-refractivity contribution is 5.69. The number of esters is 2. The van der Waals surface area contributed by atoms with Gasteiger partial charge in [0, 0.05) is 18.8 Å². The first-order chi connectivity index (χ1) is 15.2. The van der Waals surface area contributed by atoms with Crippen LogP contribution in [-0.2, 0) is 23.8 Å². The van der Waals surface area contributed by atoms with Crippen LogP contribution < -0.4 is 0 Å². The molecule has 4 saturated carbocycles. The fourth-order valence-corrected chi connectivity index (χ4v) is 9.63. The Bertz CT molecular complexity index is 780. The predicted molar refractivity (Wildman–Crippen MR) is 121 cm³/mol. The Balaban J connectivity index is 1.33. The van der Waals surface area contributed by atoms with Crippen molar-refractivity contribution in [3.8, 4) is 0 Å². The average molecular weight is 447 g/mol. The Morgan fingerprint density at radius 2 is 1.84 bits per heavy atom. The molecular formula is C27H42O5. The molecule has 0 radical (unpaired) electrons. The van der Waals surface area contributed by atoms with Crippen LogP contribution in [-0.4, -0.2) is 36.9 Å². The summed E-state index contributed by atoms with van der Waals surface area (Å²) in [6, 6.07) is 0. The molecule has 5 fully saturated rings. The monoisotopic (exact) mass is 446 g/mol. The van der Waals surface area contributed by atoms with Crippen molar-refractivity contribution in [3.63, 3.8) is 0 Å². The molecule has 5 nitrogen and oxygen atoms in total. The lowest BCUT2D eigenvalue weighted by Crippen LogP contribution is -2.60. The highest BCUT2D eigenvalue weighted by atomic mass is 16.6. The zero-order chi connectivity index (χ0) is 22.9. The number of hydrogen-bond acceptors (Lipinski definition) is 5. The predicted octanol–water partition coefficient (Wildman–Crippen LogP) is 5.30. The summed E-state index contributed by atoms with van der Waals surface area (Å²) in [7, 11) is 1.49. The molecule has 1 saturated heterocycles. The number of carbonyl (C=O) groups excluding carboxylic acids is 2. The van der Waals surface area contributed by atoms with E-state index in [2.05, 4.69) is 20.8 Å². The molecule has 1 spiro atoms. The van der Waals surface area contributed by atoms with Gasteiger partial charge in [0.25, 0.3) is 0 Å². The molecule has 32 heavy (non-hydrogen) atoms. The Kier molecular flexibility index (Phi) is 5.47. The summed E-state index contributed by atoms with van der Waals surface area (Å²) in [5, 5.41) is 0. The lowest BCUT2D eigenvalue weighted by atomic mass is 9.44. The molecule has 0 amide bonds. The third-order valence-corrected chi connectivity index (χ3v) is 11.1. The standard InChI is InChI=1S/C27H42O5/c1-16(6-11-24(29)30-5)20-9-10-21-22-8-7-18-14-19(31-17(2)28)12-13-26(18,4)27(22)23(32-27)15-25(20,21)3/h16,18-23H,6-15H2,1-5H3/t16-,18-,19-,20?,21?,22?,23-,25-,26+,27+/m1/s1. The maximum atomic E-state index is 11.7. The first-order valence-electron chi connectivity index (χ1n) is 13.1. The molecule has 10 atom stereocenters. The second-order valence-corrected chi connectivity index (χ2v) is 12.3. The fraction of sp³-hybridized carbons (Fsp3) is 0.926. The van der Waals surface area contributed by atoms with E-state index < -0.39 is 0 Å². The number of hydrogen-bond donors (Lipinski definition) is 0. The summed E-state index contributed by atoms with van der Waals surface area (Å²) in [4.78, 5) is 23.2. The SMILES string of the molecule is COC(=O)CC[C@@H](C)C1CCC2C3CC[C@@H]4C[C@H](OC(C)=O)CC[C@]4(C)[C@]34O[C@@H]4C[C@@]21C. The summed E-state index contributed by atoms with van der Waals surface area (Å²) in [6.07, 6.45) is 11.3. The van der Waals surface area contributed by atoms with E-state index in [9.17, 15) is 9.59 Å². The summed E-state index contributed by atoms with van der Waals surface area (Å²) in [6.45, 7) is 8.93. The van der Waals surface area contributed by atoms with Crippen molar-refractivity contribution in [3.05, 3.63) is 0 Å². The summed E-state index contributed by atoms with van der Waals surface area (Å²) < 4.78 is 17.3. The van der Waals surface area contributed by atoms with Gasteiger partial charge >= 0.3 is 11.9 Å². The Labute approximate surface area is 193 Å². The van der Waals surface area contributed by atoms with Gasteiger partial charge in [0.05, 0.1) is 13.2 Å². The van der Waals surface area contributed by atoms with Crippen molar-refractivity contribution in [1.29, 1.82) is 0 Å². The van der Waals surface area contributed by atoms with Crippen LogP contribution in [0.1, 0.15) is 91.9 Å². The minimum absolute atomic E-state index is 0.0609. The van der Waals surface area contributed by atoms with E-state index >= 15 is 0 Å².